The van der Waals surface area contributed by atoms with Crippen molar-refractivity contribution in [3.05, 3.63) is 11.1 Å². The van der Waals surface area contributed by atoms with Gasteiger partial charge >= 0.3 is 0 Å². The standard InChI is InChI=1S/C5H7ClN4S/c6-1-3-2-11-5(9-3)10-4(7)8/h2H,1H2,(H4,7,8,9,10)/i3+1,4+1,5+1. The molecule has 0 fully saturated rings. The number of nitrogens with zero attached hydrogens (tertiary/aromatic N) is 2. The molecule has 4 nitrogen and oxygen atoms in total. The lowest BCUT2D eigenvalue weighted by Crippen LogP contribution is -2.21. The Morgan fingerprint density at radius 2 is 2.45 bits per heavy atom. The van der Waals surface area contributed by atoms with Crippen molar-refractivity contribution in [1.29, 1.82) is 0 Å². The van der Waals surface area contributed by atoms with E-state index in [4.69, 9.17) is 23.1 Å². The van der Waals surface area contributed by atoms with Crippen molar-refractivity contribution >= 4 is 34.0 Å². The van der Waals surface area contributed by atoms with Gasteiger partial charge in [0.25, 0.3) is 0 Å². The smallest absolute Gasteiger partial charge is 0.212 e. The molecule has 60 valence electrons. The van der Waals surface area contributed by atoms with Gasteiger partial charge < -0.3 is 11.5 Å². The fraction of sp³-hybridized carbons (Fsp3) is 0.200. The number of aromatic nitrogens is 1. The lowest BCUT2D eigenvalue weighted by atomic mass is 11.0. The summed E-state index contributed by atoms with van der Waals surface area (Å²) in [5, 5.41) is 2.36. The van der Waals surface area contributed by atoms with E-state index in [0.29, 0.717) is 11.0 Å². The van der Waals surface area contributed by atoms with E-state index in [-0.39, 0.29) is 5.96 Å². The minimum Gasteiger partial charge on any atom is -0.370 e. The Balaban J connectivity index is 2.81. The van der Waals surface area contributed by atoms with Gasteiger partial charge in [0, 0.05) is 5.38 Å². The molecule has 0 unspecified atom stereocenters. The first-order chi connectivity index (χ1) is 5.22. The molecule has 1 aromatic heterocycles. The van der Waals surface area contributed by atoms with Crippen LogP contribution in [0.3, 0.4) is 0 Å². The highest BCUT2D eigenvalue weighted by atomic mass is 35.5. The number of halogens is 1. The lowest BCUT2D eigenvalue weighted by molar-refractivity contribution is 1.21. The van der Waals surface area contributed by atoms with Crippen LogP contribution in [0, 0.1) is 0 Å². The average molecular weight is 194 g/mol. The van der Waals surface area contributed by atoms with Gasteiger partial charge in [0.15, 0.2) is 5.96 Å². The highest BCUT2D eigenvalue weighted by Gasteiger charge is 1.97. The summed E-state index contributed by atoms with van der Waals surface area (Å²) in [6, 6.07) is 0. The Morgan fingerprint density at radius 3 is 2.91 bits per heavy atom. The van der Waals surface area contributed by atoms with E-state index in [0.717, 1.165) is 5.69 Å². The van der Waals surface area contributed by atoms with Crippen molar-refractivity contribution < 1.29 is 0 Å². The molecule has 0 atom stereocenters. The molecule has 0 radical (unpaired) electrons. The van der Waals surface area contributed by atoms with Gasteiger partial charge in [-0.2, -0.15) is 4.99 Å². The maximum Gasteiger partial charge on any atom is 0.212 e. The molecule has 0 aromatic carbocycles. The molecule has 1 aromatic rings. The summed E-state index contributed by atoms with van der Waals surface area (Å²) in [5.41, 5.74) is 11.1. The SMILES string of the molecule is N[13C](N)=N[13c]1n[13c](CCl)cs1. The minimum atomic E-state index is 0.0143. The number of guanidine groups is 1. The van der Waals surface area contributed by atoms with E-state index < -0.39 is 0 Å². The molecule has 0 aliphatic carbocycles. The minimum absolute atomic E-state index is 0.0143. The second-order valence-corrected chi connectivity index (χ2v) is 2.90. The predicted octanol–water partition coefficient (Wildman–Crippen LogP) is 0.787. The summed E-state index contributed by atoms with van der Waals surface area (Å²) in [6.07, 6.45) is 0. The molecule has 0 bridgehead atoms. The Hall–Kier alpha value is -0.810. The molecule has 6 heteroatoms. The normalized spacial score (nSPS) is 9.55. The predicted molar refractivity (Wildman–Crippen MR) is 47.1 cm³/mol. The third kappa shape index (κ3) is 2.36. The maximum atomic E-state index is 5.51. The summed E-state index contributed by atoms with van der Waals surface area (Å²) >= 11 is 6.87. The van der Waals surface area contributed by atoms with Crippen LogP contribution in [0.5, 0.6) is 0 Å². The fourth-order valence-electron chi connectivity index (χ4n) is 0.519. The van der Waals surface area contributed by atoms with Crippen LogP contribution in [0.15, 0.2) is 10.4 Å². The third-order valence-corrected chi connectivity index (χ3v) is 1.96. The van der Waals surface area contributed by atoms with Gasteiger partial charge in [-0.15, -0.1) is 22.9 Å². The van der Waals surface area contributed by atoms with Gasteiger partial charge in [0.1, 0.15) is 0 Å². The summed E-state index contributed by atoms with van der Waals surface area (Å²) in [6.45, 7) is 0. The van der Waals surface area contributed by atoms with Crippen molar-refractivity contribution in [2.24, 2.45) is 16.5 Å². The Bertz CT molecular complexity index is 265. The average Bonchev–Trinajstić information content (AvgIpc) is 2.34. The molecule has 0 aliphatic rings. The molecular weight excluding hydrogens is 187 g/mol. The van der Waals surface area contributed by atoms with Gasteiger partial charge in [-0.3, -0.25) is 0 Å². The van der Waals surface area contributed by atoms with Gasteiger partial charge in [-0.1, -0.05) is 0 Å². The largest absolute Gasteiger partial charge is 0.370 e. The van der Waals surface area contributed by atoms with Crippen LogP contribution in [-0.4, -0.2) is 10.9 Å². The summed E-state index contributed by atoms with van der Waals surface area (Å²) in [7, 11) is 0. The van der Waals surface area contributed by atoms with Crippen LogP contribution < -0.4 is 11.5 Å². The first-order valence-electron chi connectivity index (χ1n) is 2.82. The Labute approximate surface area is 72.9 Å². The van der Waals surface area contributed by atoms with E-state index in [2.05, 4.69) is 9.98 Å². The monoisotopic (exact) mass is 193 g/mol. The number of rotatable bonds is 2. The van der Waals surface area contributed by atoms with Gasteiger partial charge in [0.2, 0.25) is 5.13 Å². The van der Waals surface area contributed by atoms with Crippen molar-refractivity contribution in [2.45, 2.75) is 5.88 Å². The highest BCUT2D eigenvalue weighted by molar-refractivity contribution is 7.13. The Kier molecular flexibility index (Phi) is 2.67. The molecule has 0 amide bonds. The van der Waals surface area contributed by atoms with Crippen LogP contribution in [0.4, 0.5) is 5.13 Å². The molecule has 4 N–H and O–H groups in total. The zero-order valence-electron chi connectivity index (χ0n) is 5.62. The first kappa shape index (κ1) is 8.29. The van der Waals surface area contributed by atoms with Crippen LogP contribution in [0.2, 0.25) is 0 Å². The Morgan fingerprint density at radius 1 is 1.73 bits per heavy atom. The molecule has 0 aliphatic heterocycles. The highest BCUT2D eigenvalue weighted by Crippen LogP contribution is 2.19. The summed E-state index contributed by atoms with van der Waals surface area (Å²) in [4.78, 5) is 7.76. The van der Waals surface area contributed by atoms with Crippen molar-refractivity contribution in [3.63, 3.8) is 0 Å². The molecule has 1 rings (SSSR count). The fourth-order valence-corrected chi connectivity index (χ4v) is 1.45. The zero-order valence-corrected chi connectivity index (χ0v) is 7.19. The van der Waals surface area contributed by atoms with E-state index in [1.807, 2.05) is 5.38 Å². The lowest BCUT2D eigenvalue weighted by Gasteiger charge is -1.85. The zero-order chi connectivity index (χ0) is 8.27. The summed E-state index contributed by atoms with van der Waals surface area (Å²) in [5.74, 6) is 0.400. The molecule has 11 heavy (non-hydrogen) atoms. The maximum absolute atomic E-state index is 5.51. The quantitative estimate of drug-likeness (QED) is 0.316. The van der Waals surface area contributed by atoms with Crippen molar-refractivity contribution in [2.75, 3.05) is 0 Å². The van der Waals surface area contributed by atoms with Crippen LogP contribution in [-0.2, 0) is 5.88 Å². The van der Waals surface area contributed by atoms with E-state index in [1.165, 1.54) is 11.3 Å². The topological polar surface area (TPSA) is 77.3 Å². The molecular formula is C5H7ClN4S. The number of hydrogen-bond acceptors (Lipinski definition) is 3. The number of thiazole rings is 1. The number of nitrogens with two attached hydrogens (primary N) is 2. The van der Waals surface area contributed by atoms with Crippen molar-refractivity contribution in [3.8, 4) is 0 Å². The molecule has 1 heterocycles. The van der Waals surface area contributed by atoms with Crippen LogP contribution in [0.25, 0.3) is 0 Å². The molecule has 0 saturated carbocycles. The van der Waals surface area contributed by atoms with Crippen LogP contribution >= 0.6 is 22.9 Å². The van der Waals surface area contributed by atoms with E-state index in [1.54, 1.807) is 0 Å². The third-order valence-electron chi connectivity index (χ3n) is 0.901. The summed E-state index contributed by atoms with van der Waals surface area (Å²) < 4.78 is 0. The number of hydrogen-bond donors (Lipinski definition) is 2. The molecule has 0 saturated heterocycles. The van der Waals surface area contributed by atoms with E-state index in [9.17, 15) is 0 Å². The second kappa shape index (κ2) is 3.54. The number of alkyl halides is 1. The van der Waals surface area contributed by atoms with Crippen molar-refractivity contribution in [1.82, 2.24) is 4.98 Å². The van der Waals surface area contributed by atoms with E-state index >= 15 is 0 Å². The van der Waals surface area contributed by atoms with Gasteiger partial charge in [-0.25, -0.2) is 4.98 Å². The second-order valence-electron chi connectivity index (χ2n) is 1.79. The number of aliphatic imine (C=N–C) groups is 1. The first-order valence-corrected chi connectivity index (χ1v) is 4.24. The van der Waals surface area contributed by atoms with Crippen LogP contribution in [0.1, 0.15) is 5.69 Å². The molecule has 0 spiro atoms. The van der Waals surface area contributed by atoms with Gasteiger partial charge in [0.05, 0.1) is 11.6 Å². The van der Waals surface area contributed by atoms with Gasteiger partial charge in [-0.05, 0) is 0 Å².